The first kappa shape index (κ1) is 20.9. The average Bonchev–Trinajstić information content (AvgIpc) is 3.23. The molecular weight excluding hydrogens is 394 g/mol. The van der Waals surface area contributed by atoms with Gasteiger partial charge < -0.3 is 18.9 Å². The Morgan fingerprint density at radius 3 is 2.60 bits per heavy atom. The third-order valence-electron chi connectivity index (χ3n) is 4.46. The number of carbonyl (C=O) groups excluding carboxylic acids is 1. The van der Waals surface area contributed by atoms with Gasteiger partial charge >= 0.3 is 0 Å². The number of amides is 1. The van der Waals surface area contributed by atoms with E-state index in [4.69, 9.17) is 18.9 Å². The number of nitro groups is 1. The minimum atomic E-state index is -0.585. The average molecular weight is 415 g/mol. The third-order valence-corrected chi connectivity index (χ3v) is 4.46. The summed E-state index contributed by atoms with van der Waals surface area (Å²) in [6.07, 6.45) is 2.90. The number of ether oxygens (including phenoxy) is 4. The fourth-order valence-corrected chi connectivity index (χ4v) is 3.17. The van der Waals surface area contributed by atoms with E-state index in [1.165, 1.54) is 44.7 Å². The molecule has 1 aliphatic rings. The van der Waals surface area contributed by atoms with Crippen molar-refractivity contribution in [2.24, 2.45) is 5.10 Å². The fraction of sp³-hybridized carbons (Fsp3) is 0.300. The Morgan fingerprint density at radius 2 is 1.97 bits per heavy atom. The Labute approximate surface area is 172 Å². The molecule has 0 aliphatic carbocycles. The van der Waals surface area contributed by atoms with Crippen molar-refractivity contribution in [3.05, 3.63) is 51.1 Å². The number of hydrogen-bond donors (Lipinski definition) is 1. The van der Waals surface area contributed by atoms with Crippen LogP contribution in [0.5, 0.6) is 23.0 Å². The van der Waals surface area contributed by atoms with E-state index in [9.17, 15) is 14.9 Å². The van der Waals surface area contributed by atoms with Gasteiger partial charge in [-0.15, -0.1) is 0 Å². The van der Waals surface area contributed by atoms with Gasteiger partial charge in [-0.3, -0.25) is 14.9 Å². The fourth-order valence-electron chi connectivity index (χ4n) is 3.17. The highest BCUT2D eigenvalue weighted by Crippen LogP contribution is 2.51. The summed E-state index contributed by atoms with van der Waals surface area (Å²) >= 11 is 0. The lowest BCUT2D eigenvalue weighted by atomic mass is 10.00. The molecule has 0 saturated heterocycles. The summed E-state index contributed by atoms with van der Waals surface area (Å²) in [5, 5.41) is 14.9. The molecule has 0 spiro atoms. The zero-order valence-electron chi connectivity index (χ0n) is 16.8. The van der Waals surface area contributed by atoms with Crippen LogP contribution in [-0.2, 0) is 6.42 Å². The molecule has 2 aromatic carbocycles. The smallest absolute Gasteiger partial charge is 0.271 e. The molecule has 1 N–H and O–H groups in total. The van der Waals surface area contributed by atoms with Gasteiger partial charge in [0.25, 0.3) is 11.6 Å². The van der Waals surface area contributed by atoms with Gasteiger partial charge in [0, 0.05) is 28.8 Å². The van der Waals surface area contributed by atoms with Crippen LogP contribution in [0.25, 0.3) is 0 Å². The van der Waals surface area contributed by atoms with Crippen LogP contribution in [-0.4, -0.2) is 38.1 Å². The van der Waals surface area contributed by atoms with E-state index in [0.717, 1.165) is 12.0 Å². The highest BCUT2D eigenvalue weighted by Gasteiger charge is 2.30. The second kappa shape index (κ2) is 9.12. The first-order chi connectivity index (χ1) is 14.5. The zero-order chi connectivity index (χ0) is 21.7. The number of methoxy groups -OCH3 is 2. The number of non-ortho nitro benzene ring substituents is 1. The van der Waals surface area contributed by atoms with Crippen molar-refractivity contribution in [1.29, 1.82) is 0 Å². The van der Waals surface area contributed by atoms with E-state index in [0.29, 0.717) is 35.0 Å². The van der Waals surface area contributed by atoms with E-state index < -0.39 is 10.8 Å². The highest BCUT2D eigenvalue weighted by molar-refractivity contribution is 5.96. The summed E-state index contributed by atoms with van der Waals surface area (Å²) in [5.74, 6) is 1.23. The number of fused-ring (bicyclic) bond motifs is 1. The molecule has 0 atom stereocenters. The first-order valence-electron chi connectivity index (χ1n) is 9.16. The molecule has 1 heterocycles. The van der Waals surface area contributed by atoms with Gasteiger partial charge in [-0.2, -0.15) is 5.10 Å². The van der Waals surface area contributed by atoms with E-state index in [1.54, 1.807) is 0 Å². The Kier molecular flexibility index (Phi) is 6.35. The maximum Gasteiger partial charge on any atom is 0.271 e. The minimum Gasteiger partial charge on any atom is -0.492 e. The van der Waals surface area contributed by atoms with Crippen molar-refractivity contribution in [2.45, 2.75) is 19.8 Å². The number of benzene rings is 2. The normalized spacial score (nSPS) is 12.1. The summed E-state index contributed by atoms with van der Waals surface area (Å²) in [4.78, 5) is 22.7. The van der Waals surface area contributed by atoms with Gasteiger partial charge in [0.2, 0.25) is 18.3 Å². The molecule has 0 unspecified atom stereocenters. The molecular formula is C20H21N3O7. The van der Waals surface area contributed by atoms with E-state index in [1.807, 2.05) is 6.92 Å². The van der Waals surface area contributed by atoms with Gasteiger partial charge in [0.1, 0.15) is 0 Å². The highest BCUT2D eigenvalue weighted by atomic mass is 16.7. The molecule has 0 aromatic heterocycles. The quantitative estimate of drug-likeness (QED) is 0.399. The second-order valence-electron chi connectivity index (χ2n) is 6.28. The van der Waals surface area contributed by atoms with E-state index >= 15 is 0 Å². The van der Waals surface area contributed by atoms with Crippen LogP contribution in [0.2, 0.25) is 0 Å². The summed E-state index contributed by atoms with van der Waals surface area (Å²) in [6, 6.07) is 5.38. The van der Waals surface area contributed by atoms with Crippen LogP contribution in [0.1, 0.15) is 34.8 Å². The maximum absolute atomic E-state index is 12.3. The predicted octanol–water partition coefficient (Wildman–Crippen LogP) is 3.06. The molecule has 0 bridgehead atoms. The zero-order valence-corrected chi connectivity index (χ0v) is 16.8. The molecule has 10 heteroatoms. The van der Waals surface area contributed by atoms with Crippen LogP contribution < -0.4 is 24.4 Å². The lowest BCUT2D eigenvalue weighted by Crippen LogP contribution is -2.18. The molecule has 1 amide bonds. The van der Waals surface area contributed by atoms with Crippen molar-refractivity contribution in [3.63, 3.8) is 0 Å². The van der Waals surface area contributed by atoms with Gasteiger partial charge in [-0.1, -0.05) is 19.4 Å². The molecule has 0 radical (unpaired) electrons. The number of nitrogens with zero attached hydrogens (tertiary/aromatic N) is 2. The molecule has 0 saturated carbocycles. The molecule has 158 valence electrons. The third kappa shape index (κ3) is 3.97. The molecule has 2 aromatic rings. The number of hydrogen-bond acceptors (Lipinski definition) is 8. The Hall–Kier alpha value is -3.82. The van der Waals surface area contributed by atoms with Gasteiger partial charge in [-0.25, -0.2) is 5.43 Å². The van der Waals surface area contributed by atoms with Crippen molar-refractivity contribution in [3.8, 4) is 23.0 Å². The SMILES string of the molecule is CCCc1c(/C=N\NC(=O)c2cccc([N+](=O)[O-])c2)c(OC)c2c(c1OC)OCO2. The van der Waals surface area contributed by atoms with Crippen molar-refractivity contribution < 1.29 is 28.7 Å². The summed E-state index contributed by atoms with van der Waals surface area (Å²) in [5.41, 5.74) is 3.70. The topological polar surface area (TPSA) is 122 Å². The summed E-state index contributed by atoms with van der Waals surface area (Å²) in [6.45, 7) is 2.05. The number of nitro benzene ring substituents is 1. The maximum atomic E-state index is 12.3. The molecule has 0 fully saturated rings. The first-order valence-corrected chi connectivity index (χ1v) is 9.16. The number of carbonyl (C=O) groups is 1. The van der Waals surface area contributed by atoms with Crippen molar-refractivity contribution in [2.75, 3.05) is 21.0 Å². The van der Waals surface area contributed by atoms with Crippen molar-refractivity contribution >= 4 is 17.8 Å². The van der Waals surface area contributed by atoms with Crippen LogP contribution in [0.3, 0.4) is 0 Å². The largest absolute Gasteiger partial charge is 0.492 e. The Morgan fingerprint density at radius 1 is 1.27 bits per heavy atom. The Balaban J connectivity index is 1.93. The monoisotopic (exact) mass is 415 g/mol. The van der Waals surface area contributed by atoms with Gasteiger partial charge in [-0.05, 0) is 12.5 Å². The van der Waals surface area contributed by atoms with Crippen molar-refractivity contribution in [1.82, 2.24) is 5.43 Å². The van der Waals surface area contributed by atoms with E-state index in [-0.39, 0.29) is 18.0 Å². The van der Waals surface area contributed by atoms with Gasteiger partial charge in [0.15, 0.2) is 11.5 Å². The molecule has 1 aliphatic heterocycles. The molecule has 3 rings (SSSR count). The lowest BCUT2D eigenvalue weighted by Gasteiger charge is -2.17. The predicted molar refractivity (Wildman–Crippen MR) is 108 cm³/mol. The van der Waals surface area contributed by atoms with Gasteiger partial charge in [0.05, 0.1) is 25.4 Å². The van der Waals surface area contributed by atoms with Crippen LogP contribution in [0.4, 0.5) is 5.69 Å². The number of hydrazone groups is 1. The van der Waals surface area contributed by atoms with Crippen LogP contribution in [0, 0.1) is 10.1 Å². The Bertz CT molecular complexity index is 1000. The minimum absolute atomic E-state index is 0.0394. The number of rotatable bonds is 8. The van der Waals surface area contributed by atoms with Crippen LogP contribution >= 0.6 is 0 Å². The number of nitrogens with one attached hydrogen (secondary N) is 1. The van der Waals surface area contributed by atoms with Crippen LogP contribution in [0.15, 0.2) is 29.4 Å². The second-order valence-corrected chi connectivity index (χ2v) is 6.28. The van der Waals surface area contributed by atoms with E-state index in [2.05, 4.69) is 10.5 Å². The summed E-state index contributed by atoms with van der Waals surface area (Å²) in [7, 11) is 3.03. The molecule has 30 heavy (non-hydrogen) atoms. The standard InChI is InChI=1S/C20H21N3O7/c1-4-6-14-15(17(28-3)19-18(16(14)27-2)29-11-30-19)10-21-22-20(24)12-7-5-8-13(9-12)23(25)26/h5,7-10H,4,6,11H2,1-3H3,(H,22,24)/b21-10-. The molecule has 10 nitrogen and oxygen atoms in total. The lowest BCUT2D eigenvalue weighted by molar-refractivity contribution is -0.384. The summed E-state index contributed by atoms with van der Waals surface area (Å²) < 4.78 is 22.1.